The molecule has 0 atom stereocenters. The molecule has 0 saturated carbocycles. The number of hydrogen-bond donors (Lipinski definition) is 1. The lowest BCUT2D eigenvalue weighted by molar-refractivity contribution is 0.655. The summed E-state index contributed by atoms with van der Waals surface area (Å²) >= 11 is 0. The van der Waals surface area contributed by atoms with Crippen molar-refractivity contribution in [1.29, 1.82) is 0 Å². The number of rotatable bonds is 2. The van der Waals surface area contributed by atoms with Gasteiger partial charge in [-0.3, -0.25) is 0 Å². The summed E-state index contributed by atoms with van der Waals surface area (Å²) in [6, 6.07) is 6.86. The maximum absolute atomic E-state index is 3.57. The average molecular weight is 289 g/mol. The first-order valence-corrected chi connectivity index (χ1v) is 8.36. The molecular weight excluding hydrogens is 266 g/mol. The lowest BCUT2D eigenvalue weighted by atomic mass is 9.80. The number of fused-ring (bicyclic) bond motifs is 3. The van der Waals surface area contributed by atoms with Crippen molar-refractivity contribution >= 4 is 11.3 Å². The summed E-state index contributed by atoms with van der Waals surface area (Å²) in [5.74, 6) is 0. The Balaban J connectivity index is 1.73. The van der Waals surface area contributed by atoms with Crippen molar-refractivity contribution in [3.8, 4) is 0 Å². The van der Waals surface area contributed by atoms with Crippen LogP contribution in [0.25, 0.3) is 5.57 Å². The number of benzene rings is 1. The molecular formula is C21H23N. The second kappa shape index (κ2) is 5.01. The molecule has 0 saturated heterocycles. The lowest BCUT2D eigenvalue weighted by Gasteiger charge is -2.24. The van der Waals surface area contributed by atoms with Crippen LogP contribution in [0.2, 0.25) is 0 Å². The molecule has 0 unspecified atom stereocenters. The SMILES string of the molecule is CC1(C)C2=CCCC=C2c2ccc(NC3=CCCC=C3)cc21. The van der Waals surface area contributed by atoms with Gasteiger partial charge in [-0.25, -0.2) is 0 Å². The predicted octanol–water partition coefficient (Wildman–Crippen LogP) is 5.73. The van der Waals surface area contributed by atoms with E-state index in [4.69, 9.17) is 0 Å². The average Bonchev–Trinajstić information content (AvgIpc) is 2.77. The number of nitrogens with one attached hydrogen (secondary N) is 1. The van der Waals surface area contributed by atoms with E-state index in [0.29, 0.717) is 0 Å². The quantitative estimate of drug-likeness (QED) is 0.733. The first kappa shape index (κ1) is 13.6. The van der Waals surface area contributed by atoms with E-state index in [2.05, 4.69) is 67.7 Å². The normalized spacial score (nSPS) is 21.5. The van der Waals surface area contributed by atoms with E-state index in [9.17, 15) is 0 Å². The van der Waals surface area contributed by atoms with Gasteiger partial charge in [-0.1, -0.05) is 44.2 Å². The second-order valence-electron chi connectivity index (χ2n) is 6.96. The van der Waals surface area contributed by atoms with E-state index in [1.165, 1.54) is 46.5 Å². The van der Waals surface area contributed by atoms with E-state index in [-0.39, 0.29) is 5.41 Å². The molecule has 3 aliphatic rings. The Hall–Kier alpha value is -2.02. The first-order chi connectivity index (χ1) is 10.7. The largest absolute Gasteiger partial charge is 0.356 e. The third-order valence-electron chi connectivity index (χ3n) is 5.09. The summed E-state index contributed by atoms with van der Waals surface area (Å²) in [6.45, 7) is 4.71. The Bertz CT molecular complexity index is 741. The molecule has 112 valence electrons. The standard InChI is InChI=1S/C21H23N/c1-21(2)19-11-7-6-10-17(19)18-13-12-16(14-20(18)21)22-15-8-4-3-5-9-15/h4,8-14,22H,3,5-7H2,1-2H3. The van der Waals surface area contributed by atoms with Gasteiger partial charge in [0, 0.05) is 16.8 Å². The molecule has 0 heterocycles. The fourth-order valence-corrected chi connectivity index (χ4v) is 3.91. The van der Waals surface area contributed by atoms with Crippen LogP contribution in [0.4, 0.5) is 5.69 Å². The minimum atomic E-state index is 0.121. The van der Waals surface area contributed by atoms with E-state index in [1.54, 1.807) is 0 Å². The molecule has 1 nitrogen and oxygen atoms in total. The Labute approximate surface area is 133 Å². The molecule has 1 N–H and O–H groups in total. The zero-order valence-electron chi connectivity index (χ0n) is 13.4. The molecule has 1 aromatic carbocycles. The lowest BCUT2D eigenvalue weighted by Crippen LogP contribution is -2.16. The first-order valence-electron chi connectivity index (χ1n) is 8.36. The molecule has 3 aliphatic carbocycles. The molecule has 0 bridgehead atoms. The van der Waals surface area contributed by atoms with Crippen LogP contribution in [0.1, 0.15) is 50.7 Å². The molecule has 0 radical (unpaired) electrons. The fourth-order valence-electron chi connectivity index (χ4n) is 3.91. The van der Waals surface area contributed by atoms with Crippen molar-refractivity contribution in [2.75, 3.05) is 5.32 Å². The maximum atomic E-state index is 3.57. The summed E-state index contributed by atoms with van der Waals surface area (Å²) in [6.07, 6.45) is 16.2. The third kappa shape index (κ3) is 2.08. The van der Waals surface area contributed by atoms with Gasteiger partial charge in [0.15, 0.2) is 0 Å². The minimum absolute atomic E-state index is 0.121. The number of hydrogen-bond acceptors (Lipinski definition) is 1. The smallest absolute Gasteiger partial charge is 0.0387 e. The Morgan fingerprint density at radius 1 is 0.955 bits per heavy atom. The summed E-state index contributed by atoms with van der Waals surface area (Å²) in [5, 5.41) is 3.57. The summed E-state index contributed by atoms with van der Waals surface area (Å²) in [5.41, 5.74) is 8.40. The Morgan fingerprint density at radius 2 is 1.77 bits per heavy atom. The van der Waals surface area contributed by atoms with Crippen LogP contribution in [-0.2, 0) is 5.41 Å². The highest BCUT2D eigenvalue weighted by Crippen LogP contribution is 2.51. The van der Waals surface area contributed by atoms with Crippen molar-refractivity contribution in [1.82, 2.24) is 0 Å². The molecule has 0 amide bonds. The van der Waals surface area contributed by atoms with Gasteiger partial charge in [-0.15, -0.1) is 0 Å². The van der Waals surface area contributed by atoms with Crippen molar-refractivity contribution in [3.63, 3.8) is 0 Å². The second-order valence-corrected chi connectivity index (χ2v) is 6.96. The highest BCUT2D eigenvalue weighted by molar-refractivity contribution is 5.91. The fraction of sp³-hybridized carbons (Fsp3) is 0.333. The minimum Gasteiger partial charge on any atom is -0.356 e. The molecule has 0 spiro atoms. The molecule has 4 rings (SSSR count). The molecule has 0 aliphatic heterocycles. The van der Waals surface area contributed by atoms with Gasteiger partial charge in [0.25, 0.3) is 0 Å². The Morgan fingerprint density at radius 3 is 2.59 bits per heavy atom. The van der Waals surface area contributed by atoms with Crippen molar-refractivity contribution in [3.05, 3.63) is 71.0 Å². The van der Waals surface area contributed by atoms with E-state index < -0.39 is 0 Å². The summed E-state index contributed by atoms with van der Waals surface area (Å²) in [4.78, 5) is 0. The summed E-state index contributed by atoms with van der Waals surface area (Å²) < 4.78 is 0. The maximum Gasteiger partial charge on any atom is 0.0387 e. The van der Waals surface area contributed by atoms with Crippen LogP contribution in [0, 0.1) is 0 Å². The van der Waals surface area contributed by atoms with Gasteiger partial charge < -0.3 is 5.32 Å². The Kier molecular flexibility index (Phi) is 3.11. The molecule has 1 aromatic rings. The molecule has 1 heteroatoms. The van der Waals surface area contributed by atoms with Crippen LogP contribution in [0.3, 0.4) is 0 Å². The van der Waals surface area contributed by atoms with Crippen molar-refractivity contribution in [2.24, 2.45) is 0 Å². The van der Waals surface area contributed by atoms with Crippen LogP contribution >= 0.6 is 0 Å². The number of anilines is 1. The van der Waals surface area contributed by atoms with Gasteiger partial charge in [0.05, 0.1) is 0 Å². The van der Waals surface area contributed by atoms with E-state index >= 15 is 0 Å². The van der Waals surface area contributed by atoms with Gasteiger partial charge in [-0.2, -0.15) is 0 Å². The van der Waals surface area contributed by atoms with E-state index in [0.717, 1.165) is 12.8 Å². The van der Waals surface area contributed by atoms with E-state index in [1.807, 2.05) is 0 Å². The molecule has 0 fully saturated rings. The summed E-state index contributed by atoms with van der Waals surface area (Å²) in [7, 11) is 0. The monoisotopic (exact) mass is 289 g/mol. The number of allylic oxidation sites excluding steroid dienone is 7. The predicted molar refractivity (Wildman–Crippen MR) is 94.8 cm³/mol. The highest BCUT2D eigenvalue weighted by Gasteiger charge is 2.38. The van der Waals surface area contributed by atoms with Crippen LogP contribution < -0.4 is 5.32 Å². The molecule has 0 aromatic heterocycles. The van der Waals surface area contributed by atoms with Gasteiger partial charge in [0.2, 0.25) is 0 Å². The highest BCUT2D eigenvalue weighted by atomic mass is 14.9. The molecule has 22 heavy (non-hydrogen) atoms. The van der Waals surface area contributed by atoms with Crippen molar-refractivity contribution < 1.29 is 0 Å². The van der Waals surface area contributed by atoms with Crippen molar-refractivity contribution in [2.45, 2.75) is 44.9 Å². The van der Waals surface area contributed by atoms with Gasteiger partial charge in [0.1, 0.15) is 0 Å². The van der Waals surface area contributed by atoms with Gasteiger partial charge in [-0.05, 0) is 66.2 Å². The topological polar surface area (TPSA) is 12.0 Å². The zero-order valence-corrected chi connectivity index (χ0v) is 13.4. The third-order valence-corrected chi connectivity index (χ3v) is 5.09. The van der Waals surface area contributed by atoms with Gasteiger partial charge >= 0.3 is 0 Å². The van der Waals surface area contributed by atoms with Crippen LogP contribution in [0.5, 0.6) is 0 Å². The van der Waals surface area contributed by atoms with Crippen LogP contribution in [0.15, 0.2) is 59.8 Å². The zero-order chi connectivity index (χ0) is 15.2. The van der Waals surface area contributed by atoms with Crippen LogP contribution in [-0.4, -0.2) is 0 Å².